The zero-order valence-corrected chi connectivity index (χ0v) is 16.8. The Hall–Kier alpha value is -2.71. The molecule has 28 heavy (non-hydrogen) atoms. The molecule has 4 aromatic rings. The Morgan fingerprint density at radius 3 is 2.68 bits per heavy atom. The molecule has 0 bridgehead atoms. The SMILES string of the molecule is CCc1ccc(Cn2c(SCC(N)=O)nc3c(sc4ncccc43)c2=O)cc1. The number of carbonyl (C=O) groups excluding carboxylic acids is 1. The molecule has 0 saturated heterocycles. The number of hydrogen-bond acceptors (Lipinski definition) is 6. The minimum absolute atomic E-state index is 0.0625. The van der Waals surface area contributed by atoms with Crippen LogP contribution in [-0.2, 0) is 17.8 Å². The molecule has 0 spiro atoms. The molecule has 1 amide bonds. The van der Waals surface area contributed by atoms with Crippen LogP contribution in [0, 0.1) is 0 Å². The minimum atomic E-state index is -0.449. The van der Waals surface area contributed by atoms with Crippen LogP contribution in [0.1, 0.15) is 18.1 Å². The molecule has 1 aromatic carbocycles. The number of carbonyl (C=O) groups is 1. The number of thioether (sulfide) groups is 1. The molecule has 2 N–H and O–H groups in total. The molecule has 0 radical (unpaired) electrons. The van der Waals surface area contributed by atoms with Crippen molar-refractivity contribution < 1.29 is 4.79 Å². The molecular weight excluding hydrogens is 392 g/mol. The molecule has 6 nitrogen and oxygen atoms in total. The number of nitrogens with zero attached hydrogens (tertiary/aromatic N) is 3. The summed E-state index contributed by atoms with van der Waals surface area (Å²) in [6.45, 7) is 2.49. The number of thiophene rings is 1. The van der Waals surface area contributed by atoms with Gasteiger partial charge in [0.1, 0.15) is 9.53 Å². The van der Waals surface area contributed by atoms with Gasteiger partial charge in [-0.1, -0.05) is 43.0 Å². The summed E-state index contributed by atoms with van der Waals surface area (Å²) in [4.78, 5) is 34.4. The summed E-state index contributed by atoms with van der Waals surface area (Å²) in [5.41, 5.74) is 8.06. The maximum atomic E-state index is 13.3. The highest BCUT2D eigenvalue weighted by atomic mass is 32.2. The fourth-order valence-corrected chi connectivity index (χ4v) is 4.75. The Morgan fingerprint density at radius 2 is 1.96 bits per heavy atom. The van der Waals surface area contributed by atoms with Crippen LogP contribution in [-0.4, -0.2) is 26.2 Å². The van der Waals surface area contributed by atoms with Gasteiger partial charge in [-0.05, 0) is 29.7 Å². The van der Waals surface area contributed by atoms with Gasteiger partial charge in [0.2, 0.25) is 5.91 Å². The summed E-state index contributed by atoms with van der Waals surface area (Å²) in [7, 11) is 0. The van der Waals surface area contributed by atoms with Gasteiger partial charge < -0.3 is 5.73 Å². The van der Waals surface area contributed by atoms with Crippen molar-refractivity contribution in [3.05, 3.63) is 64.1 Å². The minimum Gasteiger partial charge on any atom is -0.369 e. The van der Waals surface area contributed by atoms with Gasteiger partial charge in [-0.15, -0.1) is 11.3 Å². The Morgan fingerprint density at radius 1 is 1.21 bits per heavy atom. The average Bonchev–Trinajstić information content (AvgIpc) is 3.08. The third-order valence-electron chi connectivity index (χ3n) is 4.43. The normalized spacial score (nSPS) is 11.3. The van der Waals surface area contributed by atoms with Crippen LogP contribution in [0.15, 0.2) is 52.5 Å². The van der Waals surface area contributed by atoms with Crippen molar-refractivity contribution in [1.82, 2.24) is 14.5 Å². The Bertz CT molecular complexity index is 1230. The van der Waals surface area contributed by atoms with Crippen molar-refractivity contribution in [2.24, 2.45) is 5.73 Å². The van der Waals surface area contributed by atoms with E-state index in [1.54, 1.807) is 10.8 Å². The van der Waals surface area contributed by atoms with Crippen LogP contribution in [0.2, 0.25) is 0 Å². The maximum absolute atomic E-state index is 13.3. The Kier molecular flexibility index (Phi) is 5.15. The smallest absolute Gasteiger partial charge is 0.272 e. The van der Waals surface area contributed by atoms with Crippen LogP contribution in [0.3, 0.4) is 0 Å². The molecule has 0 aliphatic carbocycles. The Labute approximate surface area is 169 Å². The second-order valence-corrected chi connectivity index (χ2v) is 8.29. The average molecular weight is 411 g/mol. The van der Waals surface area contributed by atoms with Gasteiger partial charge in [0.25, 0.3) is 5.56 Å². The number of pyridine rings is 1. The highest BCUT2D eigenvalue weighted by Gasteiger charge is 2.17. The number of rotatable bonds is 6. The summed E-state index contributed by atoms with van der Waals surface area (Å²) in [5.74, 6) is -0.387. The number of aromatic nitrogens is 3. The van der Waals surface area contributed by atoms with Gasteiger partial charge in [-0.2, -0.15) is 0 Å². The Balaban J connectivity index is 1.87. The fourth-order valence-electron chi connectivity index (χ4n) is 2.99. The van der Waals surface area contributed by atoms with Crippen molar-refractivity contribution >= 4 is 49.4 Å². The zero-order chi connectivity index (χ0) is 19.7. The number of fused-ring (bicyclic) bond motifs is 3. The molecule has 0 fully saturated rings. The number of nitrogens with two attached hydrogens (primary N) is 1. The molecule has 4 rings (SSSR count). The van der Waals surface area contributed by atoms with Gasteiger partial charge in [0.05, 0.1) is 17.8 Å². The topological polar surface area (TPSA) is 90.9 Å². The number of hydrogen-bond donors (Lipinski definition) is 1. The van der Waals surface area contributed by atoms with Crippen LogP contribution in [0.25, 0.3) is 20.4 Å². The second kappa shape index (κ2) is 7.73. The van der Waals surface area contributed by atoms with Crippen molar-refractivity contribution in [1.29, 1.82) is 0 Å². The fraction of sp³-hybridized carbons (Fsp3) is 0.200. The predicted octanol–water partition coefficient (Wildman–Crippen LogP) is 3.19. The van der Waals surface area contributed by atoms with Gasteiger partial charge in [-0.3, -0.25) is 14.2 Å². The first-order chi connectivity index (χ1) is 13.6. The molecule has 8 heteroatoms. The van der Waals surface area contributed by atoms with E-state index in [0.29, 0.717) is 21.9 Å². The molecular formula is C20H18N4O2S2. The van der Waals surface area contributed by atoms with E-state index in [9.17, 15) is 9.59 Å². The predicted molar refractivity (Wildman–Crippen MR) is 114 cm³/mol. The summed E-state index contributed by atoms with van der Waals surface area (Å²) < 4.78 is 2.19. The third kappa shape index (κ3) is 3.53. The maximum Gasteiger partial charge on any atom is 0.272 e. The van der Waals surface area contributed by atoms with Crippen LogP contribution in [0.5, 0.6) is 0 Å². The molecule has 0 saturated carbocycles. The molecule has 0 atom stereocenters. The van der Waals surface area contributed by atoms with Gasteiger partial charge >= 0.3 is 0 Å². The first-order valence-electron chi connectivity index (χ1n) is 8.83. The van der Waals surface area contributed by atoms with Gasteiger partial charge in [0, 0.05) is 11.6 Å². The number of benzene rings is 1. The summed E-state index contributed by atoms with van der Waals surface area (Å²) in [6, 6.07) is 11.9. The van der Waals surface area contributed by atoms with Crippen molar-refractivity contribution in [3.63, 3.8) is 0 Å². The van der Waals surface area contributed by atoms with E-state index in [1.807, 2.05) is 24.3 Å². The van der Waals surface area contributed by atoms with Gasteiger partial charge in [0.15, 0.2) is 5.16 Å². The van der Waals surface area contributed by atoms with Crippen LogP contribution < -0.4 is 11.3 Å². The van der Waals surface area contributed by atoms with Crippen molar-refractivity contribution in [3.8, 4) is 0 Å². The monoisotopic (exact) mass is 410 g/mol. The van der Waals surface area contributed by atoms with E-state index in [2.05, 4.69) is 24.0 Å². The molecule has 0 aliphatic rings. The first kappa shape index (κ1) is 18.6. The summed E-state index contributed by atoms with van der Waals surface area (Å²) >= 11 is 2.53. The summed E-state index contributed by atoms with van der Waals surface area (Å²) in [6.07, 6.45) is 2.66. The van der Waals surface area contributed by atoms with Crippen molar-refractivity contribution in [2.75, 3.05) is 5.75 Å². The number of amides is 1. The highest BCUT2D eigenvalue weighted by Crippen LogP contribution is 2.30. The lowest BCUT2D eigenvalue weighted by Gasteiger charge is -2.12. The standard InChI is InChI=1S/C20H18N4O2S2/c1-2-12-5-7-13(8-6-12)10-24-19(26)17-16(23-20(24)27-11-15(21)25)14-4-3-9-22-18(14)28-17/h3-9H,2,10-11H2,1H3,(H2,21,25). The molecule has 0 unspecified atom stereocenters. The second-order valence-electron chi connectivity index (χ2n) is 6.35. The van der Waals surface area contributed by atoms with E-state index in [1.165, 1.54) is 28.7 Å². The molecule has 0 aliphatic heterocycles. The van der Waals surface area contributed by atoms with E-state index >= 15 is 0 Å². The van der Waals surface area contributed by atoms with Crippen LogP contribution in [0.4, 0.5) is 0 Å². The highest BCUT2D eigenvalue weighted by molar-refractivity contribution is 7.99. The van der Waals surface area contributed by atoms with E-state index in [4.69, 9.17) is 10.7 Å². The quantitative estimate of drug-likeness (QED) is 0.389. The first-order valence-corrected chi connectivity index (χ1v) is 10.6. The van der Waals surface area contributed by atoms with E-state index in [-0.39, 0.29) is 11.3 Å². The van der Waals surface area contributed by atoms with Crippen LogP contribution >= 0.6 is 23.1 Å². The zero-order valence-electron chi connectivity index (χ0n) is 15.2. The lowest BCUT2D eigenvalue weighted by atomic mass is 10.1. The van der Waals surface area contributed by atoms with E-state index in [0.717, 1.165) is 22.2 Å². The van der Waals surface area contributed by atoms with Crippen molar-refractivity contribution in [2.45, 2.75) is 25.0 Å². The number of primary amides is 1. The number of aryl methyl sites for hydroxylation is 1. The van der Waals surface area contributed by atoms with E-state index < -0.39 is 5.91 Å². The molecule has 142 valence electrons. The van der Waals surface area contributed by atoms with Gasteiger partial charge in [-0.25, -0.2) is 9.97 Å². The lowest BCUT2D eigenvalue weighted by molar-refractivity contribution is -0.115. The third-order valence-corrected chi connectivity index (χ3v) is 6.52. The molecule has 3 aromatic heterocycles. The summed E-state index contributed by atoms with van der Waals surface area (Å²) in [5, 5.41) is 1.33. The lowest BCUT2D eigenvalue weighted by Crippen LogP contribution is -2.24. The largest absolute Gasteiger partial charge is 0.369 e. The molecule has 3 heterocycles.